The molecule has 2 aromatic carbocycles. The molecule has 2 aromatic rings. The first-order chi connectivity index (χ1) is 12.8. The average molecular weight is 368 g/mol. The van der Waals surface area contributed by atoms with Crippen LogP contribution in [0.3, 0.4) is 0 Å². The summed E-state index contributed by atoms with van der Waals surface area (Å²) in [6.45, 7) is 8.58. The summed E-state index contributed by atoms with van der Waals surface area (Å²) in [6.07, 6.45) is 1.93. The fourth-order valence-electron chi connectivity index (χ4n) is 2.55. The van der Waals surface area contributed by atoms with E-state index in [0.29, 0.717) is 24.3 Å². The lowest BCUT2D eigenvalue weighted by atomic mass is 9.82. The molecular weight excluding hydrogens is 340 g/mol. The first-order valence-corrected chi connectivity index (χ1v) is 9.37. The van der Waals surface area contributed by atoms with Crippen LogP contribution in [0.1, 0.15) is 62.9 Å². The van der Waals surface area contributed by atoms with Crippen LogP contribution in [0.25, 0.3) is 0 Å². The molecule has 0 saturated carbocycles. The van der Waals surface area contributed by atoms with Gasteiger partial charge in [0.15, 0.2) is 5.78 Å². The van der Waals surface area contributed by atoms with E-state index in [1.165, 1.54) is 12.5 Å². The largest absolute Gasteiger partial charge is 0.494 e. The molecule has 0 saturated heterocycles. The van der Waals surface area contributed by atoms with E-state index in [4.69, 9.17) is 9.47 Å². The second kappa shape index (κ2) is 9.36. The van der Waals surface area contributed by atoms with Crippen LogP contribution < -0.4 is 9.47 Å². The van der Waals surface area contributed by atoms with Crippen molar-refractivity contribution >= 4 is 11.8 Å². The molecule has 2 rings (SSSR count). The second-order valence-corrected chi connectivity index (χ2v) is 7.27. The van der Waals surface area contributed by atoms with E-state index >= 15 is 0 Å². The van der Waals surface area contributed by atoms with Crippen molar-refractivity contribution in [3.63, 3.8) is 0 Å². The van der Waals surface area contributed by atoms with E-state index in [1.807, 2.05) is 12.1 Å². The minimum absolute atomic E-state index is 0.0173. The number of esters is 1. The number of ether oxygens (including phenoxy) is 2. The molecule has 0 N–H and O–H groups in total. The van der Waals surface area contributed by atoms with Crippen molar-refractivity contribution in [1.82, 2.24) is 0 Å². The first-order valence-electron chi connectivity index (χ1n) is 9.37. The van der Waals surface area contributed by atoms with Crippen molar-refractivity contribution in [3.05, 3.63) is 59.7 Å². The third kappa shape index (κ3) is 6.24. The molecule has 0 fully saturated rings. The zero-order chi connectivity index (χ0) is 19.9. The van der Waals surface area contributed by atoms with Crippen molar-refractivity contribution in [1.29, 1.82) is 0 Å². The van der Waals surface area contributed by atoms with Crippen molar-refractivity contribution in [2.24, 2.45) is 0 Å². The van der Waals surface area contributed by atoms with Gasteiger partial charge in [0.25, 0.3) is 0 Å². The molecule has 27 heavy (non-hydrogen) atoms. The highest BCUT2D eigenvalue weighted by atomic mass is 16.5. The van der Waals surface area contributed by atoms with E-state index in [-0.39, 0.29) is 23.6 Å². The number of carbonyl (C=O) groups is 2. The van der Waals surface area contributed by atoms with Gasteiger partial charge in [0.1, 0.15) is 11.5 Å². The molecule has 0 radical (unpaired) electrons. The van der Waals surface area contributed by atoms with Crippen LogP contribution in [0.15, 0.2) is 48.5 Å². The predicted molar refractivity (Wildman–Crippen MR) is 107 cm³/mol. The Balaban J connectivity index is 1.73. The summed E-state index contributed by atoms with van der Waals surface area (Å²) in [7, 11) is 0. The molecule has 0 aliphatic carbocycles. The number of hydrogen-bond acceptors (Lipinski definition) is 4. The fourth-order valence-corrected chi connectivity index (χ4v) is 2.55. The molecule has 0 aromatic heterocycles. The Morgan fingerprint density at radius 3 is 2.07 bits per heavy atom. The van der Waals surface area contributed by atoms with Gasteiger partial charge in [-0.25, -0.2) is 0 Å². The van der Waals surface area contributed by atoms with Crippen LogP contribution in [-0.2, 0) is 10.2 Å². The Labute approximate surface area is 161 Å². The topological polar surface area (TPSA) is 52.6 Å². The first kappa shape index (κ1) is 20.7. The van der Waals surface area contributed by atoms with Gasteiger partial charge in [0, 0.05) is 12.0 Å². The smallest absolute Gasteiger partial charge is 0.311 e. The molecule has 0 aliphatic rings. The maximum atomic E-state index is 11.9. The lowest BCUT2D eigenvalue weighted by Crippen LogP contribution is -2.15. The summed E-state index contributed by atoms with van der Waals surface area (Å²) in [5.41, 5.74) is 2.04. The summed E-state index contributed by atoms with van der Waals surface area (Å²) in [5, 5.41) is 0. The van der Waals surface area contributed by atoms with Gasteiger partial charge in [-0.15, -0.1) is 0 Å². The van der Waals surface area contributed by atoms with Gasteiger partial charge in [0.2, 0.25) is 0 Å². The SMILES string of the molecule is CCC(C)(C)c1ccc(OCCCC(=O)Oc2ccc(C(C)=O)cc2)cc1. The monoisotopic (exact) mass is 368 g/mol. The Bertz CT molecular complexity index is 758. The van der Waals surface area contributed by atoms with Crippen molar-refractivity contribution in [2.45, 2.75) is 52.4 Å². The second-order valence-electron chi connectivity index (χ2n) is 7.27. The van der Waals surface area contributed by atoms with Crippen molar-refractivity contribution < 1.29 is 19.1 Å². The van der Waals surface area contributed by atoms with E-state index in [1.54, 1.807) is 24.3 Å². The molecule has 0 amide bonds. The van der Waals surface area contributed by atoms with Crippen molar-refractivity contribution in [3.8, 4) is 11.5 Å². The van der Waals surface area contributed by atoms with Gasteiger partial charge < -0.3 is 9.47 Å². The zero-order valence-electron chi connectivity index (χ0n) is 16.6. The summed E-state index contributed by atoms with van der Waals surface area (Å²) in [6, 6.07) is 14.7. The highest BCUT2D eigenvalue weighted by molar-refractivity contribution is 5.94. The van der Waals surface area contributed by atoms with Crippen LogP contribution in [0.4, 0.5) is 0 Å². The summed E-state index contributed by atoms with van der Waals surface area (Å²) >= 11 is 0. The summed E-state index contributed by atoms with van der Waals surface area (Å²) in [4.78, 5) is 23.1. The number of rotatable bonds is 9. The van der Waals surface area contributed by atoms with Crippen LogP contribution in [0.2, 0.25) is 0 Å². The van der Waals surface area contributed by atoms with E-state index in [2.05, 4.69) is 32.9 Å². The summed E-state index contributed by atoms with van der Waals surface area (Å²) in [5.74, 6) is 0.921. The Morgan fingerprint density at radius 2 is 1.52 bits per heavy atom. The molecule has 0 bridgehead atoms. The van der Waals surface area contributed by atoms with Gasteiger partial charge in [-0.2, -0.15) is 0 Å². The Hall–Kier alpha value is -2.62. The number of carbonyl (C=O) groups excluding carboxylic acids is 2. The van der Waals surface area contributed by atoms with Gasteiger partial charge in [-0.05, 0) is 67.1 Å². The number of hydrogen-bond donors (Lipinski definition) is 0. The van der Waals surface area contributed by atoms with Crippen LogP contribution >= 0.6 is 0 Å². The molecule has 4 heteroatoms. The van der Waals surface area contributed by atoms with Crippen LogP contribution in [0, 0.1) is 0 Å². The molecule has 144 valence electrons. The average Bonchev–Trinajstić information content (AvgIpc) is 2.66. The third-order valence-corrected chi connectivity index (χ3v) is 4.81. The minimum Gasteiger partial charge on any atom is -0.494 e. The molecule has 0 atom stereocenters. The maximum Gasteiger partial charge on any atom is 0.311 e. The standard InChI is InChI=1S/C23H28O4/c1-5-23(3,4)19-10-14-20(15-11-19)26-16-6-7-22(25)27-21-12-8-18(9-13-21)17(2)24/h8-15H,5-7,16H2,1-4H3. The van der Waals surface area contributed by atoms with Gasteiger partial charge in [-0.3, -0.25) is 9.59 Å². The van der Waals surface area contributed by atoms with Gasteiger partial charge >= 0.3 is 5.97 Å². The molecule has 0 unspecified atom stereocenters. The Morgan fingerprint density at radius 1 is 0.926 bits per heavy atom. The highest BCUT2D eigenvalue weighted by Crippen LogP contribution is 2.28. The Kier molecular flexibility index (Phi) is 7.17. The molecule has 0 spiro atoms. The quantitative estimate of drug-likeness (QED) is 0.259. The van der Waals surface area contributed by atoms with Gasteiger partial charge in [0.05, 0.1) is 6.61 Å². The number of benzene rings is 2. The van der Waals surface area contributed by atoms with E-state index in [9.17, 15) is 9.59 Å². The summed E-state index contributed by atoms with van der Waals surface area (Å²) < 4.78 is 11.0. The molecule has 0 aliphatic heterocycles. The van der Waals surface area contributed by atoms with E-state index in [0.717, 1.165) is 12.2 Å². The molecule has 4 nitrogen and oxygen atoms in total. The molecular formula is C23H28O4. The number of Topliss-reactive ketones (excluding diaryl/α,β-unsaturated/α-hetero) is 1. The lowest BCUT2D eigenvalue weighted by Gasteiger charge is -2.23. The van der Waals surface area contributed by atoms with Crippen LogP contribution in [0.5, 0.6) is 11.5 Å². The predicted octanol–water partition coefficient (Wildman–Crippen LogP) is 5.34. The van der Waals surface area contributed by atoms with E-state index < -0.39 is 0 Å². The third-order valence-electron chi connectivity index (χ3n) is 4.81. The highest BCUT2D eigenvalue weighted by Gasteiger charge is 2.17. The maximum absolute atomic E-state index is 11.9. The lowest BCUT2D eigenvalue weighted by molar-refractivity contribution is -0.134. The van der Waals surface area contributed by atoms with Crippen molar-refractivity contribution in [2.75, 3.05) is 6.61 Å². The molecule has 0 heterocycles. The number of ketones is 1. The zero-order valence-corrected chi connectivity index (χ0v) is 16.6. The normalized spacial score (nSPS) is 11.1. The van der Waals surface area contributed by atoms with Gasteiger partial charge in [-0.1, -0.05) is 32.9 Å². The fraction of sp³-hybridized carbons (Fsp3) is 0.391. The minimum atomic E-state index is -0.311. The van der Waals surface area contributed by atoms with Crippen LogP contribution in [-0.4, -0.2) is 18.4 Å².